The number of ether oxygens (including phenoxy) is 1. The predicted octanol–water partition coefficient (Wildman–Crippen LogP) is 4.17. The van der Waals surface area contributed by atoms with Crippen LogP contribution in [0.5, 0.6) is 0 Å². The van der Waals surface area contributed by atoms with Gasteiger partial charge in [0.1, 0.15) is 11.2 Å². The summed E-state index contributed by atoms with van der Waals surface area (Å²) in [6.45, 7) is 7.00. The van der Waals surface area contributed by atoms with Gasteiger partial charge in [-0.05, 0) is 31.9 Å². The van der Waals surface area contributed by atoms with E-state index < -0.39 is 0 Å². The molecule has 25 heavy (non-hydrogen) atoms. The fraction of sp³-hybridized carbons (Fsp3) is 0.316. The molecule has 0 fully saturated rings. The second-order valence-corrected chi connectivity index (χ2v) is 8.26. The lowest BCUT2D eigenvalue weighted by atomic mass is 9.94. The average Bonchev–Trinajstić information content (AvgIpc) is 3.14. The Morgan fingerprint density at radius 3 is 2.92 bits per heavy atom. The van der Waals surface area contributed by atoms with Gasteiger partial charge in [0.15, 0.2) is 11.5 Å². The van der Waals surface area contributed by atoms with Gasteiger partial charge in [-0.15, -0.1) is 16.4 Å². The summed E-state index contributed by atoms with van der Waals surface area (Å²) in [5.74, 6) is 0.749. The summed E-state index contributed by atoms with van der Waals surface area (Å²) in [4.78, 5) is 11.8. The normalized spacial score (nSPS) is 16.4. The van der Waals surface area contributed by atoms with Crippen molar-refractivity contribution in [3.8, 4) is 11.4 Å². The van der Waals surface area contributed by atoms with Gasteiger partial charge < -0.3 is 4.74 Å². The zero-order chi connectivity index (χ0) is 17.2. The standard InChI is InChI=1S/C19H18N4OS/c1-11-6-4-5-7-12(11)16-21-17-15-13-8-19(2,3)24-9-14(13)25-18(15)20-10-23(17)22-16/h4-7,10H,8-9H2,1-3H3. The third-order valence-electron chi connectivity index (χ3n) is 4.79. The van der Waals surface area contributed by atoms with Crippen LogP contribution in [0, 0.1) is 6.92 Å². The Balaban J connectivity index is 1.78. The number of thiophene rings is 1. The largest absolute Gasteiger partial charge is 0.370 e. The molecule has 1 aliphatic heterocycles. The second kappa shape index (κ2) is 5.09. The second-order valence-electron chi connectivity index (χ2n) is 7.17. The Morgan fingerprint density at radius 1 is 1.24 bits per heavy atom. The number of rotatable bonds is 1. The summed E-state index contributed by atoms with van der Waals surface area (Å²) in [5.41, 5.74) is 4.28. The van der Waals surface area contributed by atoms with E-state index in [4.69, 9.17) is 9.72 Å². The summed E-state index contributed by atoms with van der Waals surface area (Å²) in [7, 11) is 0. The van der Waals surface area contributed by atoms with Crippen LogP contribution in [0.2, 0.25) is 0 Å². The highest BCUT2D eigenvalue weighted by atomic mass is 32.1. The number of benzene rings is 1. The monoisotopic (exact) mass is 350 g/mol. The third kappa shape index (κ3) is 2.28. The molecule has 0 unspecified atom stereocenters. The maximum absolute atomic E-state index is 5.96. The predicted molar refractivity (Wildman–Crippen MR) is 98.9 cm³/mol. The van der Waals surface area contributed by atoms with Crippen molar-refractivity contribution < 1.29 is 4.74 Å². The first-order chi connectivity index (χ1) is 12.0. The van der Waals surface area contributed by atoms with E-state index in [2.05, 4.69) is 43.0 Å². The minimum Gasteiger partial charge on any atom is -0.370 e. The molecule has 0 spiro atoms. The maximum atomic E-state index is 5.96. The zero-order valence-electron chi connectivity index (χ0n) is 14.4. The van der Waals surface area contributed by atoms with Crippen molar-refractivity contribution in [2.24, 2.45) is 0 Å². The Hall–Kier alpha value is -2.31. The van der Waals surface area contributed by atoms with Crippen LogP contribution in [0.15, 0.2) is 30.6 Å². The van der Waals surface area contributed by atoms with Gasteiger partial charge in [0.2, 0.25) is 0 Å². The molecule has 4 heterocycles. The molecule has 0 amide bonds. The molecule has 0 saturated heterocycles. The fourth-order valence-corrected chi connectivity index (χ4v) is 4.54. The lowest BCUT2D eigenvalue weighted by Crippen LogP contribution is -2.31. The van der Waals surface area contributed by atoms with E-state index in [1.807, 2.05) is 12.1 Å². The van der Waals surface area contributed by atoms with Gasteiger partial charge in [-0.25, -0.2) is 14.5 Å². The van der Waals surface area contributed by atoms with Crippen LogP contribution >= 0.6 is 11.3 Å². The molecule has 1 aromatic carbocycles. The lowest BCUT2D eigenvalue weighted by molar-refractivity contribution is -0.0379. The van der Waals surface area contributed by atoms with E-state index in [1.54, 1.807) is 22.2 Å². The van der Waals surface area contributed by atoms with Gasteiger partial charge in [-0.3, -0.25) is 0 Å². The van der Waals surface area contributed by atoms with E-state index in [0.29, 0.717) is 6.61 Å². The SMILES string of the molecule is Cc1ccccc1-c1nc2c3c4c(sc3ncn2n1)COC(C)(C)C4. The number of fused-ring (bicyclic) bond motifs is 5. The summed E-state index contributed by atoms with van der Waals surface area (Å²) in [6, 6.07) is 8.20. The van der Waals surface area contributed by atoms with Gasteiger partial charge in [-0.1, -0.05) is 24.3 Å². The zero-order valence-corrected chi connectivity index (χ0v) is 15.2. The quantitative estimate of drug-likeness (QED) is 0.517. The fourth-order valence-electron chi connectivity index (χ4n) is 3.48. The Labute approximate surface area is 149 Å². The number of aromatic nitrogens is 4. The topological polar surface area (TPSA) is 52.3 Å². The van der Waals surface area contributed by atoms with Gasteiger partial charge in [0.25, 0.3) is 0 Å². The van der Waals surface area contributed by atoms with Crippen molar-refractivity contribution in [1.82, 2.24) is 19.6 Å². The molecule has 0 aliphatic carbocycles. The molecular weight excluding hydrogens is 332 g/mol. The molecule has 0 saturated carbocycles. The first-order valence-corrected chi connectivity index (χ1v) is 9.19. The molecule has 0 atom stereocenters. The van der Waals surface area contributed by atoms with Gasteiger partial charge in [0, 0.05) is 16.9 Å². The third-order valence-corrected chi connectivity index (χ3v) is 5.91. The lowest BCUT2D eigenvalue weighted by Gasteiger charge is -2.30. The summed E-state index contributed by atoms with van der Waals surface area (Å²) < 4.78 is 7.77. The van der Waals surface area contributed by atoms with E-state index >= 15 is 0 Å². The Morgan fingerprint density at radius 2 is 2.08 bits per heavy atom. The maximum Gasteiger partial charge on any atom is 0.182 e. The van der Waals surface area contributed by atoms with Crippen LogP contribution in [-0.2, 0) is 17.8 Å². The Kier molecular flexibility index (Phi) is 3.05. The van der Waals surface area contributed by atoms with Crippen LogP contribution in [0.25, 0.3) is 27.3 Å². The number of hydrogen-bond donors (Lipinski definition) is 0. The molecule has 1 aliphatic rings. The molecule has 126 valence electrons. The minimum atomic E-state index is -0.160. The van der Waals surface area contributed by atoms with Gasteiger partial charge in [-0.2, -0.15) is 0 Å². The van der Waals surface area contributed by atoms with Crippen molar-refractivity contribution in [2.75, 3.05) is 0 Å². The molecule has 6 heteroatoms. The van der Waals surface area contributed by atoms with Crippen molar-refractivity contribution in [2.45, 2.75) is 39.4 Å². The molecule has 0 radical (unpaired) electrons. The summed E-state index contributed by atoms with van der Waals surface area (Å²) in [5, 5.41) is 5.81. The first kappa shape index (κ1) is 15.0. The Bertz CT molecular complexity index is 1130. The van der Waals surface area contributed by atoms with Crippen LogP contribution in [-0.4, -0.2) is 25.2 Å². The number of aryl methyl sites for hydroxylation is 1. The molecule has 3 aromatic heterocycles. The number of nitrogens with zero attached hydrogens (tertiary/aromatic N) is 4. The molecule has 5 rings (SSSR count). The van der Waals surface area contributed by atoms with Crippen molar-refractivity contribution >= 4 is 27.2 Å². The van der Waals surface area contributed by atoms with Gasteiger partial charge >= 0.3 is 0 Å². The van der Waals surface area contributed by atoms with E-state index in [9.17, 15) is 0 Å². The van der Waals surface area contributed by atoms with Crippen molar-refractivity contribution in [1.29, 1.82) is 0 Å². The minimum absolute atomic E-state index is 0.160. The smallest absolute Gasteiger partial charge is 0.182 e. The number of hydrogen-bond acceptors (Lipinski definition) is 5. The molecule has 0 N–H and O–H groups in total. The van der Waals surface area contributed by atoms with Crippen LogP contribution in [0.4, 0.5) is 0 Å². The van der Waals surface area contributed by atoms with Crippen molar-refractivity contribution in [3.63, 3.8) is 0 Å². The van der Waals surface area contributed by atoms with E-state index in [-0.39, 0.29) is 5.60 Å². The summed E-state index contributed by atoms with van der Waals surface area (Å²) >= 11 is 1.71. The van der Waals surface area contributed by atoms with Crippen molar-refractivity contribution in [3.05, 3.63) is 46.6 Å². The molecule has 5 nitrogen and oxygen atoms in total. The first-order valence-electron chi connectivity index (χ1n) is 8.37. The van der Waals surface area contributed by atoms with Crippen LogP contribution in [0.3, 0.4) is 0 Å². The van der Waals surface area contributed by atoms with E-state index in [0.717, 1.165) is 33.7 Å². The molecule has 4 aromatic rings. The average molecular weight is 350 g/mol. The highest BCUT2D eigenvalue weighted by Gasteiger charge is 2.30. The highest BCUT2D eigenvalue weighted by molar-refractivity contribution is 7.19. The van der Waals surface area contributed by atoms with Gasteiger partial charge in [0.05, 0.1) is 17.6 Å². The molecular formula is C19H18N4OS. The van der Waals surface area contributed by atoms with E-state index in [1.165, 1.54) is 16.0 Å². The van der Waals surface area contributed by atoms with Crippen LogP contribution in [0.1, 0.15) is 29.9 Å². The summed E-state index contributed by atoms with van der Waals surface area (Å²) in [6.07, 6.45) is 2.64. The van der Waals surface area contributed by atoms with Crippen LogP contribution < -0.4 is 0 Å². The highest BCUT2D eigenvalue weighted by Crippen LogP contribution is 2.39. The molecule has 0 bridgehead atoms.